The summed E-state index contributed by atoms with van der Waals surface area (Å²) < 4.78 is 5.24. The molecule has 0 aliphatic rings. The summed E-state index contributed by atoms with van der Waals surface area (Å²) in [6, 6.07) is 8.87. The van der Waals surface area contributed by atoms with Gasteiger partial charge in [0.1, 0.15) is 5.75 Å². The van der Waals surface area contributed by atoms with Gasteiger partial charge in [0.25, 0.3) is 5.91 Å². The molecule has 0 unspecified atom stereocenters. The number of amides is 1. The Labute approximate surface area is 105 Å². The van der Waals surface area contributed by atoms with Crippen LogP contribution in [0, 0.1) is 11.3 Å². The van der Waals surface area contributed by atoms with Crippen molar-refractivity contribution in [2.45, 2.75) is 12.8 Å². The van der Waals surface area contributed by atoms with E-state index in [0.29, 0.717) is 30.2 Å². The van der Waals surface area contributed by atoms with Gasteiger partial charge in [-0.15, -0.1) is 0 Å². The number of nitrogens with zero attached hydrogens (tertiary/aromatic N) is 1. The molecule has 0 radical (unpaired) electrons. The SMILES string of the molecule is N#CCCCNC(=O)COc1cccc(Cl)c1. The van der Waals surface area contributed by atoms with Crippen molar-refractivity contribution < 1.29 is 9.53 Å². The fraction of sp³-hybridized carbons (Fsp3) is 0.333. The molecule has 4 nitrogen and oxygen atoms in total. The first-order chi connectivity index (χ1) is 8.22. The molecule has 0 saturated heterocycles. The summed E-state index contributed by atoms with van der Waals surface area (Å²) >= 11 is 5.77. The fourth-order valence-corrected chi connectivity index (χ4v) is 1.33. The van der Waals surface area contributed by atoms with Crippen molar-refractivity contribution in [1.82, 2.24) is 5.32 Å². The molecule has 1 amide bonds. The van der Waals surface area contributed by atoms with Crippen molar-refractivity contribution >= 4 is 17.5 Å². The van der Waals surface area contributed by atoms with Gasteiger partial charge in [-0.1, -0.05) is 17.7 Å². The van der Waals surface area contributed by atoms with Crippen molar-refractivity contribution in [3.63, 3.8) is 0 Å². The van der Waals surface area contributed by atoms with Crippen molar-refractivity contribution in [3.8, 4) is 11.8 Å². The molecule has 0 aliphatic carbocycles. The highest BCUT2D eigenvalue weighted by Crippen LogP contribution is 2.16. The van der Waals surface area contributed by atoms with Gasteiger partial charge in [-0.25, -0.2) is 0 Å². The number of rotatable bonds is 6. The molecule has 0 heterocycles. The minimum Gasteiger partial charge on any atom is -0.484 e. The average molecular weight is 253 g/mol. The molecule has 0 atom stereocenters. The van der Waals surface area contributed by atoms with E-state index < -0.39 is 0 Å². The molecule has 0 saturated carbocycles. The topological polar surface area (TPSA) is 62.1 Å². The van der Waals surface area contributed by atoms with Crippen LogP contribution in [0.2, 0.25) is 5.02 Å². The number of unbranched alkanes of at least 4 members (excludes halogenated alkanes) is 1. The molecule has 90 valence electrons. The summed E-state index contributed by atoms with van der Waals surface area (Å²) in [7, 11) is 0. The van der Waals surface area contributed by atoms with Crippen LogP contribution in [-0.2, 0) is 4.79 Å². The number of hydrogen-bond donors (Lipinski definition) is 1. The monoisotopic (exact) mass is 252 g/mol. The average Bonchev–Trinajstić information content (AvgIpc) is 2.32. The highest BCUT2D eigenvalue weighted by atomic mass is 35.5. The number of carbonyl (C=O) groups excluding carboxylic acids is 1. The van der Waals surface area contributed by atoms with Crippen LogP contribution in [0.15, 0.2) is 24.3 Å². The summed E-state index contributed by atoms with van der Waals surface area (Å²) in [4.78, 5) is 11.3. The van der Waals surface area contributed by atoms with E-state index in [1.54, 1.807) is 24.3 Å². The van der Waals surface area contributed by atoms with Crippen molar-refractivity contribution in [2.75, 3.05) is 13.2 Å². The Morgan fingerprint density at radius 3 is 3.06 bits per heavy atom. The summed E-state index contributed by atoms with van der Waals surface area (Å²) in [6.07, 6.45) is 1.09. The largest absolute Gasteiger partial charge is 0.484 e. The molecule has 1 aromatic rings. The molecule has 0 spiro atoms. The van der Waals surface area contributed by atoms with Crippen LogP contribution in [0.25, 0.3) is 0 Å². The van der Waals surface area contributed by atoms with Crippen LogP contribution in [0.4, 0.5) is 0 Å². The summed E-state index contributed by atoms with van der Waals surface area (Å²) in [5.41, 5.74) is 0. The second kappa shape index (κ2) is 7.53. The molecule has 0 bridgehead atoms. The minimum atomic E-state index is -0.206. The fourth-order valence-electron chi connectivity index (χ4n) is 1.15. The van der Waals surface area contributed by atoms with Gasteiger partial charge >= 0.3 is 0 Å². The number of hydrogen-bond acceptors (Lipinski definition) is 3. The summed E-state index contributed by atoms with van der Waals surface area (Å²) in [5, 5.41) is 11.5. The zero-order valence-electron chi connectivity index (χ0n) is 9.28. The highest BCUT2D eigenvalue weighted by molar-refractivity contribution is 6.30. The van der Waals surface area contributed by atoms with E-state index in [1.165, 1.54) is 0 Å². The van der Waals surface area contributed by atoms with Crippen LogP contribution in [0.1, 0.15) is 12.8 Å². The second-order valence-electron chi connectivity index (χ2n) is 3.36. The molecule has 1 N–H and O–H groups in total. The van der Waals surface area contributed by atoms with Crippen LogP contribution in [0.5, 0.6) is 5.75 Å². The quantitative estimate of drug-likeness (QED) is 0.789. The lowest BCUT2D eigenvalue weighted by Gasteiger charge is -2.06. The Kier molecular flexibility index (Phi) is 5.91. The van der Waals surface area contributed by atoms with E-state index in [4.69, 9.17) is 21.6 Å². The smallest absolute Gasteiger partial charge is 0.257 e. The van der Waals surface area contributed by atoms with E-state index >= 15 is 0 Å². The van der Waals surface area contributed by atoms with Crippen LogP contribution in [0.3, 0.4) is 0 Å². The van der Waals surface area contributed by atoms with Gasteiger partial charge in [0.15, 0.2) is 6.61 Å². The lowest BCUT2D eigenvalue weighted by Crippen LogP contribution is -2.29. The number of ether oxygens (including phenoxy) is 1. The zero-order valence-corrected chi connectivity index (χ0v) is 10.0. The summed E-state index contributed by atoms with van der Waals surface area (Å²) in [5.74, 6) is 0.354. The van der Waals surface area contributed by atoms with Crippen LogP contribution in [-0.4, -0.2) is 19.1 Å². The maximum absolute atomic E-state index is 11.3. The van der Waals surface area contributed by atoms with E-state index in [2.05, 4.69) is 5.32 Å². The summed E-state index contributed by atoms with van der Waals surface area (Å²) in [6.45, 7) is 0.443. The lowest BCUT2D eigenvalue weighted by molar-refractivity contribution is -0.123. The first kappa shape index (κ1) is 13.3. The second-order valence-corrected chi connectivity index (χ2v) is 3.79. The number of halogens is 1. The first-order valence-corrected chi connectivity index (χ1v) is 5.62. The van der Waals surface area contributed by atoms with E-state index in [9.17, 15) is 4.79 Å². The van der Waals surface area contributed by atoms with Gasteiger partial charge in [0, 0.05) is 18.0 Å². The molecule has 0 fully saturated rings. The molecule has 0 aliphatic heterocycles. The third kappa shape index (κ3) is 5.79. The third-order valence-corrected chi connectivity index (χ3v) is 2.19. The third-order valence-electron chi connectivity index (χ3n) is 1.95. The molecule has 1 aromatic carbocycles. The maximum Gasteiger partial charge on any atom is 0.257 e. The number of nitriles is 1. The Morgan fingerprint density at radius 2 is 2.35 bits per heavy atom. The van der Waals surface area contributed by atoms with Gasteiger partial charge in [-0.3, -0.25) is 4.79 Å². The van der Waals surface area contributed by atoms with Crippen LogP contribution < -0.4 is 10.1 Å². The van der Waals surface area contributed by atoms with Gasteiger partial charge in [0.05, 0.1) is 6.07 Å². The number of nitrogens with one attached hydrogen (secondary N) is 1. The lowest BCUT2D eigenvalue weighted by atomic mass is 10.3. The van der Waals surface area contributed by atoms with Gasteiger partial charge < -0.3 is 10.1 Å². The van der Waals surface area contributed by atoms with Crippen molar-refractivity contribution in [2.24, 2.45) is 0 Å². The van der Waals surface area contributed by atoms with E-state index in [-0.39, 0.29) is 12.5 Å². The maximum atomic E-state index is 11.3. The normalized spacial score (nSPS) is 9.41. The minimum absolute atomic E-state index is 0.0487. The molecule has 5 heteroatoms. The molecule has 1 rings (SSSR count). The Bertz CT molecular complexity index is 415. The molecule has 17 heavy (non-hydrogen) atoms. The van der Waals surface area contributed by atoms with Crippen molar-refractivity contribution in [1.29, 1.82) is 5.26 Å². The zero-order chi connectivity index (χ0) is 12.5. The van der Waals surface area contributed by atoms with Gasteiger partial charge in [-0.05, 0) is 24.6 Å². The Morgan fingerprint density at radius 1 is 1.53 bits per heavy atom. The molecular weight excluding hydrogens is 240 g/mol. The molecule has 0 aromatic heterocycles. The predicted molar refractivity (Wildman–Crippen MR) is 64.8 cm³/mol. The van der Waals surface area contributed by atoms with E-state index in [0.717, 1.165) is 0 Å². The van der Waals surface area contributed by atoms with Gasteiger partial charge in [0.2, 0.25) is 0 Å². The highest BCUT2D eigenvalue weighted by Gasteiger charge is 2.02. The van der Waals surface area contributed by atoms with Gasteiger partial charge in [-0.2, -0.15) is 5.26 Å². The Balaban J connectivity index is 2.22. The van der Waals surface area contributed by atoms with Crippen LogP contribution >= 0.6 is 11.6 Å². The Hall–Kier alpha value is -1.73. The molecular formula is C12H13ClN2O2. The van der Waals surface area contributed by atoms with Crippen molar-refractivity contribution in [3.05, 3.63) is 29.3 Å². The number of carbonyl (C=O) groups is 1. The number of benzene rings is 1. The first-order valence-electron chi connectivity index (χ1n) is 5.24. The standard InChI is InChI=1S/C12H13ClN2O2/c13-10-4-3-5-11(8-10)17-9-12(16)15-7-2-1-6-14/h3-5,8H,1-2,7,9H2,(H,15,16). The van der Waals surface area contributed by atoms with E-state index in [1.807, 2.05) is 6.07 Å². The predicted octanol–water partition coefficient (Wildman–Crippen LogP) is 2.14.